The fraction of sp³-hybridized carbons (Fsp3) is 0.258. The minimum Gasteiger partial charge on any atom is -0.506 e. The summed E-state index contributed by atoms with van der Waals surface area (Å²) < 4.78 is 16.2. The van der Waals surface area contributed by atoms with E-state index in [2.05, 4.69) is 0 Å². The van der Waals surface area contributed by atoms with Crippen LogP contribution in [0, 0.1) is 12.8 Å². The number of aryl methyl sites for hydroxylation is 1. The lowest BCUT2D eigenvalue weighted by Gasteiger charge is -2.26. The number of ketones is 1. The second kappa shape index (κ2) is 11.4. The molecule has 8 nitrogen and oxygen atoms in total. The van der Waals surface area contributed by atoms with Gasteiger partial charge in [0.25, 0.3) is 11.7 Å². The fourth-order valence-electron chi connectivity index (χ4n) is 4.56. The Kier molecular flexibility index (Phi) is 8.04. The van der Waals surface area contributed by atoms with Gasteiger partial charge in [-0.1, -0.05) is 49.7 Å². The number of aliphatic hydroxyl groups is 1. The number of hydrogen-bond donors (Lipinski definition) is 1. The van der Waals surface area contributed by atoms with Crippen molar-refractivity contribution in [2.75, 3.05) is 25.7 Å². The van der Waals surface area contributed by atoms with E-state index in [1.165, 1.54) is 19.1 Å². The topological polar surface area (TPSA) is 102 Å². The molecule has 1 fully saturated rings. The van der Waals surface area contributed by atoms with Crippen LogP contribution in [0.4, 0.5) is 5.69 Å². The molecule has 0 spiro atoms. The molecular formula is C31H31NO7. The predicted octanol–water partition coefficient (Wildman–Crippen LogP) is 5.45. The first-order valence-electron chi connectivity index (χ1n) is 12.5. The van der Waals surface area contributed by atoms with Crippen molar-refractivity contribution in [3.05, 3.63) is 94.6 Å². The van der Waals surface area contributed by atoms with Crippen molar-refractivity contribution < 1.29 is 33.7 Å². The largest absolute Gasteiger partial charge is 0.506 e. The van der Waals surface area contributed by atoms with Gasteiger partial charge in [-0.25, -0.2) is 4.79 Å². The first-order chi connectivity index (χ1) is 18.7. The van der Waals surface area contributed by atoms with E-state index in [-0.39, 0.29) is 35.2 Å². The fourth-order valence-corrected chi connectivity index (χ4v) is 4.56. The van der Waals surface area contributed by atoms with Gasteiger partial charge in [-0.05, 0) is 54.8 Å². The summed E-state index contributed by atoms with van der Waals surface area (Å²) in [4.78, 5) is 40.8. The van der Waals surface area contributed by atoms with Crippen molar-refractivity contribution in [3.63, 3.8) is 0 Å². The molecule has 0 aliphatic carbocycles. The third kappa shape index (κ3) is 5.36. The Hall–Kier alpha value is -4.59. The molecule has 8 heteroatoms. The van der Waals surface area contributed by atoms with Gasteiger partial charge in [0.05, 0.1) is 38.0 Å². The molecular weight excluding hydrogens is 498 g/mol. The number of anilines is 1. The standard InChI is InChI=1S/C31H31NO7/c1-18(2)17-39-31(36)20-12-14-22(15-13-20)32-27(21-9-6-8-19(3)16-21)26(29(34)30(32)35)28(33)25-23(37-4)10-7-11-24(25)38-5/h6-16,18,27,33H,17H2,1-5H3/b28-26+. The molecule has 202 valence electrons. The Balaban J connectivity index is 1.87. The first kappa shape index (κ1) is 27.4. The van der Waals surface area contributed by atoms with Crippen molar-refractivity contribution >= 4 is 29.1 Å². The maximum absolute atomic E-state index is 13.5. The quantitative estimate of drug-likeness (QED) is 0.179. The van der Waals surface area contributed by atoms with E-state index in [0.717, 1.165) is 5.56 Å². The van der Waals surface area contributed by atoms with E-state index in [1.807, 2.05) is 39.0 Å². The summed E-state index contributed by atoms with van der Waals surface area (Å²) in [7, 11) is 2.88. The van der Waals surface area contributed by atoms with Gasteiger partial charge in [-0.2, -0.15) is 0 Å². The molecule has 0 aromatic heterocycles. The molecule has 1 aliphatic heterocycles. The molecule has 0 radical (unpaired) electrons. The predicted molar refractivity (Wildman–Crippen MR) is 147 cm³/mol. The number of ether oxygens (including phenoxy) is 3. The van der Waals surface area contributed by atoms with Gasteiger partial charge in [0.2, 0.25) is 0 Å². The van der Waals surface area contributed by atoms with E-state index in [1.54, 1.807) is 48.5 Å². The highest BCUT2D eigenvalue weighted by Gasteiger charge is 2.47. The molecule has 1 unspecified atom stereocenters. The van der Waals surface area contributed by atoms with E-state index < -0.39 is 29.5 Å². The Morgan fingerprint density at radius 3 is 2.13 bits per heavy atom. The normalized spacial score (nSPS) is 16.5. The lowest BCUT2D eigenvalue weighted by atomic mass is 9.93. The van der Waals surface area contributed by atoms with Crippen LogP contribution in [0.2, 0.25) is 0 Å². The van der Waals surface area contributed by atoms with Gasteiger partial charge in [0.15, 0.2) is 0 Å². The van der Waals surface area contributed by atoms with Gasteiger partial charge in [-0.3, -0.25) is 14.5 Å². The summed E-state index contributed by atoms with van der Waals surface area (Å²) >= 11 is 0. The highest BCUT2D eigenvalue weighted by molar-refractivity contribution is 6.51. The average Bonchev–Trinajstić information content (AvgIpc) is 3.20. The van der Waals surface area contributed by atoms with Crippen LogP contribution in [0.5, 0.6) is 11.5 Å². The first-order valence-corrected chi connectivity index (χ1v) is 12.5. The minimum absolute atomic E-state index is 0.103. The lowest BCUT2D eigenvalue weighted by molar-refractivity contribution is -0.132. The van der Waals surface area contributed by atoms with E-state index in [0.29, 0.717) is 16.8 Å². The molecule has 0 saturated carbocycles. The minimum atomic E-state index is -0.946. The summed E-state index contributed by atoms with van der Waals surface area (Å²) in [6, 6.07) is 17.7. The van der Waals surface area contributed by atoms with Crippen LogP contribution >= 0.6 is 0 Å². The van der Waals surface area contributed by atoms with Crippen LogP contribution in [0.3, 0.4) is 0 Å². The van der Waals surface area contributed by atoms with Crippen LogP contribution in [-0.4, -0.2) is 43.6 Å². The molecule has 1 atom stereocenters. The Morgan fingerprint density at radius 2 is 1.56 bits per heavy atom. The van der Waals surface area contributed by atoms with Crippen LogP contribution in [0.15, 0.2) is 72.3 Å². The number of carbonyl (C=O) groups excluding carboxylic acids is 3. The molecule has 0 bridgehead atoms. The SMILES string of the molecule is COc1cccc(OC)c1/C(O)=C1\C(=O)C(=O)N(c2ccc(C(=O)OCC(C)C)cc2)C1c1cccc(C)c1. The van der Waals surface area contributed by atoms with Crippen LogP contribution in [0.25, 0.3) is 5.76 Å². The lowest BCUT2D eigenvalue weighted by Crippen LogP contribution is -2.29. The molecule has 1 N–H and O–H groups in total. The number of benzene rings is 3. The van der Waals surface area contributed by atoms with Crippen molar-refractivity contribution in [3.8, 4) is 11.5 Å². The summed E-state index contributed by atoms with van der Waals surface area (Å²) in [6.07, 6.45) is 0. The van der Waals surface area contributed by atoms with Crippen LogP contribution in [-0.2, 0) is 14.3 Å². The zero-order chi connectivity index (χ0) is 28.3. The molecule has 1 saturated heterocycles. The Morgan fingerprint density at radius 1 is 0.949 bits per heavy atom. The number of amides is 1. The molecule has 4 rings (SSSR count). The number of nitrogens with zero attached hydrogens (tertiary/aromatic N) is 1. The summed E-state index contributed by atoms with van der Waals surface area (Å²) in [5.74, 6) is -1.80. The Labute approximate surface area is 227 Å². The third-order valence-corrected chi connectivity index (χ3v) is 6.40. The number of methoxy groups -OCH3 is 2. The zero-order valence-electron chi connectivity index (χ0n) is 22.6. The molecule has 3 aromatic carbocycles. The summed E-state index contributed by atoms with van der Waals surface area (Å²) in [6.45, 7) is 6.07. The molecule has 39 heavy (non-hydrogen) atoms. The Bertz CT molecular complexity index is 1420. The monoisotopic (exact) mass is 529 g/mol. The summed E-state index contributed by atoms with van der Waals surface area (Å²) in [5.41, 5.74) is 2.31. The van der Waals surface area contributed by atoms with Crippen molar-refractivity contribution in [1.29, 1.82) is 0 Å². The highest BCUT2D eigenvalue weighted by Crippen LogP contribution is 2.45. The average molecular weight is 530 g/mol. The molecule has 3 aromatic rings. The van der Waals surface area contributed by atoms with Gasteiger partial charge in [0, 0.05) is 5.69 Å². The maximum Gasteiger partial charge on any atom is 0.338 e. The van der Waals surface area contributed by atoms with Gasteiger partial charge in [0.1, 0.15) is 22.8 Å². The van der Waals surface area contributed by atoms with Crippen molar-refractivity contribution in [1.82, 2.24) is 0 Å². The second-order valence-electron chi connectivity index (χ2n) is 9.66. The zero-order valence-corrected chi connectivity index (χ0v) is 22.6. The van der Waals surface area contributed by atoms with E-state index in [4.69, 9.17) is 14.2 Å². The van der Waals surface area contributed by atoms with Crippen LogP contribution in [0.1, 0.15) is 46.9 Å². The van der Waals surface area contributed by atoms with E-state index >= 15 is 0 Å². The van der Waals surface area contributed by atoms with Crippen molar-refractivity contribution in [2.45, 2.75) is 26.8 Å². The number of esters is 1. The van der Waals surface area contributed by atoms with Crippen molar-refractivity contribution in [2.24, 2.45) is 5.92 Å². The number of Topliss-reactive ketones (excluding diaryl/α,β-unsaturated/α-hetero) is 1. The summed E-state index contributed by atoms with van der Waals surface area (Å²) in [5, 5.41) is 11.6. The second-order valence-corrected chi connectivity index (χ2v) is 9.66. The number of aliphatic hydroxyl groups excluding tert-OH is 1. The molecule has 1 amide bonds. The number of rotatable bonds is 8. The number of hydrogen-bond acceptors (Lipinski definition) is 7. The highest BCUT2D eigenvalue weighted by atomic mass is 16.5. The van der Waals surface area contributed by atoms with Gasteiger partial charge < -0.3 is 19.3 Å². The molecule has 1 heterocycles. The number of carbonyl (C=O) groups is 3. The smallest absolute Gasteiger partial charge is 0.338 e. The van der Waals surface area contributed by atoms with Gasteiger partial charge in [-0.15, -0.1) is 0 Å². The molecule has 1 aliphatic rings. The van der Waals surface area contributed by atoms with Crippen LogP contribution < -0.4 is 14.4 Å². The maximum atomic E-state index is 13.5. The van der Waals surface area contributed by atoms with Gasteiger partial charge >= 0.3 is 5.97 Å². The van der Waals surface area contributed by atoms with E-state index in [9.17, 15) is 19.5 Å². The third-order valence-electron chi connectivity index (χ3n) is 6.40.